The second-order valence-corrected chi connectivity index (χ2v) is 5.98. The Balaban J connectivity index is 2.03. The van der Waals surface area contributed by atoms with Gasteiger partial charge in [-0.3, -0.25) is 0 Å². The summed E-state index contributed by atoms with van der Waals surface area (Å²) in [4.78, 5) is 10.6. The number of aryl methyl sites for hydroxylation is 1. The van der Waals surface area contributed by atoms with Gasteiger partial charge in [0.05, 0.1) is 5.69 Å². The Bertz CT molecular complexity index is 600. The SMILES string of the molecule is Cc1ccc(Nc2cc(NCCN(C)C)ncn2)c(Br)c1. The van der Waals surface area contributed by atoms with Crippen LogP contribution in [0.1, 0.15) is 5.56 Å². The van der Waals surface area contributed by atoms with Crippen LogP contribution >= 0.6 is 15.9 Å². The Morgan fingerprint density at radius 1 is 1.14 bits per heavy atom. The van der Waals surface area contributed by atoms with E-state index in [1.54, 1.807) is 6.33 Å². The highest BCUT2D eigenvalue weighted by atomic mass is 79.9. The summed E-state index contributed by atoms with van der Waals surface area (Å²) in [5.41, 5.74) is 2.19. The first kappa shape index (κ1) is 15.7. The number of halogens is 1. The third-order valence-corrected chi connectivity index (χ3v) is 3.58. The minimum atomic E-state index is 0.766. The molecule has 0 saturated heterocycles. The van der Waals surface area contributed by atoms with Crippen molar-refractivity contribution >= 4 is 33.3 Å². The second kappa shape index (κ2) is 7.38. The first-order valence-corrected chi connectivity index (χ1v) is 7.58. The number of hydrogen-bond acceptors (Lipinski definition) is 5. The molecule has 1 aromatic heterocycles. The molecule has 0 spiro atoms. The average Bonchev–Trinajstić information content (AvgIpc) is 2.42. The molecule has 2 rings (SSSR count). The molecule has 2 aromatic rings. The van der Waals surface area contributed by atoms with Crippen LogP contribution in [-0.2, 0) is 0 Å². The van der Waals surface area contributed by atoms with Gasteiger partial charge < -0.3 is 15.5 Å². The predicted molar refractivity (Wildman–Crippen MR) is 91.2 cm³/mol. The first-order chi connectivity index (χ1) is 10.0. The zero-order chi connectivity index (χ0) is 15.2. The zero-order valence-electron chi connectivity index (χ0n) is 12.5. The molecule has 0 saturated carbocycles. The lowest BCUT2D eigenvalue weighted by Crippen LogP contribution is -2.21. The highest BCUT2D eigenvalue weighted by molar-refractivity contribution is 9.10. The standard InChI is InChI=1S/C15H20BrN5/c1-11-4-5-13(12(16)8-11)20-15-9-14(18-10-19-15)17-6-7-21(2)3/h4-5,8-10H,6-7H2,1-3H3,(H2,17,18,19,20). The summed E-state index contributed by atoms with van der Waals surface area (Å²) in [6.07, 6.45) is 1.56. The maximum absolute atomic E-state index is 4.25. The Morgan fingerprint density at radius 2 is 1.90 bits per heavy atom. The van der Waals surface area contributed by atoms with Gasteiger partial charge in [-0.15, -0.1) is 0 Å². The van der Waals surface area contributed by atoms with E-state index >= 15 is 0 Å². The fraction of sp³-hybridized carbons (Fsp3) is 0.333. The summed E-state index contributed by atoms with van der Waals surface area (Å²) >= 11 is 3.55. The van der Waals surface area contributed by atoms with Gasteiger partial charge in [0.15, 0.2) is 0 Å². The van der Waals surface area contributed by atoms with Crippen LogP contribution in [0, 0.1) is 6.92 Å². The zero-order valence-corrected chi connectivity index (χ0v) is 14.1. The van der Waals surface area contributed by atoms with E-state index in [0.29, 0.717) is 0 Å². The Morgan fingerprint density at radius 3 is 2.62 bits per heavy atom. The minimum absolute atomic E-state index is 0.766. The summed E-state index contributed by atoms with van der Waals surface area (Å²) < 4.78 is 1.02. The highest BCUT2D eigenvalue weighted by Gasteiger charge is 2.03. The van der Waals surface area contributed by atoms with Crippen molar-refractivity contribution in [2.45, 2.75) is 6.92 Å². The molecule has 1 aromatic carbocycles. The number of hydrogen-bond donors (Lipinski definition) is 2. The molecule has 0 fully saturated rings. The summed E-state index contributed by atoms with van der Waals surface area (Å²) in [7, 11) is 4.09. The van der Waals surface area contributed by atoms with Gasteiger partial charge in [0.25, 0.3) is 0 Å². The van der Waals surface area contributed by atoms with E-state index < -0.39 is 0 Å². The van der Waals surface area contributed by atoms with Crippen molar-refractivity contribution in [1.82, 2.24) is 14.9 Å². The van der Waals surface area contributed by atoms with Crippen molar-refractivity contribution in [2.24, 2.45) is 0 Å². The lowest BCUT2D eigenvalue weighted by Gasteiger charge is -2.12. The van der Waals surface area contributed by atoms with Gasteiger partial charge >= 0.3 is 0 Å². The fourth-order valence-electron chi connectivity index (χ4n) is 1.79. The molecule has 0 aliphatic heterocycles. The molecule has 21 heavy (non-hydrogen) atoms. The molecule has 1 heterocycles. The van der Waals surface area contributed by atoms with E-state index in [-0.39, 0.29) is 0 Å². The van der Waals surface area contributed by atoms with Crippen LogP contribution in [-0.4, -0.2) is 42.1 Å². The van der Waals surface area contributed by atoms with Crippen LogP contribution in [0.3, 0.4) is 0 Å². The topological polar surface area (TPSA) is 53.1 Å². The van der Waals surface area contributed by atoms with Crippen molar-refractivity contribution in [3.8, 4) is 0 Å². The van der Waals surface area contributed by atoms with Gasteiger partial charge in [-0.05, 0) is 54.6 Å². The molecule has 112 valence electrons. The van der Waals surface area contributed by atoms with E-state index in [1.165, 1.54) is 5.56 Å². The number of aromatic nitrogens is 2. The molecule has 0 amide bonds. The van der Waals surface area contributed by atoms with Gasteiger partial charge in [0.1, 0.15) is 18.0 Å². The van der Waals surface area contributed by atoms with Gasteiger partial charge in [0, 0.05) is 23.6 Å². The highest BCUT2D eigenvalue weighted by Crippen LogP contribution is 2.26. The number of likely N-dealkylation sites (N-methyl/N-ethyl adjacent to an activating group) is 1. The van der Waals surface area contributed by atoms with E-state index in [1.807, 2.05) is 26.2 Å². The minimum Gasteiger partial charge on any atom is -0.369 e. The molecular formula is C15H20BrN5. The quantitative estimate of drug-likeness (QED) is 0.838. The van der Waals surface area contributed by atoms with E-state index in [2.05, 4.69) is 60.5 Å². The number of nitrogens with zero attached hydrogens (tertiary/aromatic N) is 3. The number of anilines is 3. The molecule has 0 bridgehead atoms. The Hall–Kier alpha value is -1.66. The lowest BCUT2D eigenvalue weighted by atomic mass is 10.2. The van der Waals surface area contributed by atoms with E-state index in [0.717, 1.165) is 34.9 Å². The van der Waals surface area contributed by atoms with Gasteiger partial charge in [0.2, 0.25) is 0 Å². The van der Waals surface area contributed by atoms with Crippen LogP contribution in [0.25, 0.3) is 0 Å². The van der Waals surface area contributed by atoms with Gasteiger partial charge in [-0.25, -0.2) is 9.97 Å². The smallest absolute Gasteiger partial charge is 0.135 e. The summed E-state index contributed by atoms with van der Waals surface area (Å²) in [5, 5.41) is 6.57. The van der Waals surface area contributed by atoms with Crippen molar-refractivity contribution in [1.29, 1.82) is 0 Å². The normalized spacial score (nSPS) is 10.7. The van der Waals surface area contributed by atoms with Crippen molar-refractivity contribution < 1.29 is 0 Å². The largest absolute Gasteiger partial charge is 0.369 e. The Labute approximate surface area is 133 Å². The predicted octanol–water partition coefficient (Wildman–Crippen LogP) is 3.26. The molecule has 2 N–H and O–H groups in total. The number of rotatable bonds is 6. The van der Waals surface area contributed by atoms with Crippen LogP contribution in [0.2, 0.25) is 0 Å². The molecule has 0 unspecified atom stereocenters. The van der Waals surface area contributed by atoms with Gasteiger partial charge in [-0.1, -0.05) is 6.07 Å². The summed E-state index contributed by atoms with van der Waals surface area (Å²) in [6, 6.07) is 8.06. The van der Waals surface area contributed by atoms with Crippen LogP contribution in [0.4, 0.5) is 17.3 Å². The number of benzene rings is 1. The number of nitrogens with one attached hydrogen (secondary N) is 2. The maximum atomic E-state index is 4.25. The van der Waals surface area contributed by atoms with Gasteiger partial charge in [-0.2, -0.15) is 0 Å². The third kappa shape index (κ3) is 4.99. The molecule has 0 radical (unpaired) electrons. The monoisotopic (exact) mass is 349 g/mol. The van der Waals surface area contributed by atoms with Crippen molar-refractivity contribution in [2.75, 3.05) is 37.8 Å². The first-order valence-electron chi connectivity index (χ1n) is 6.78. The van der Waals surface area contributed by atoms with Crippen LogP contribution in [0.5, 0.6) is 0 Å². The second-order valence-electron chi connectivity index (χ2n) is 5.13. The maximum Gasteiger partial charge on any atom is 0.135 e. The van der Waals surface area contributed by atoms with Crippen LogP contribution < -0.4 is 10.6 Å². The third-order valence-electron chi connectivity index (χ3n) is 2.92. The lowest BCUT2D eigenvalue weighted by molar-refractivity contribution is 0.425. The summed E-state index contributed by atoms with van der Waals surface area (Å²) in [5.74, 6) is 1.58. The van der Waals surface area contributed by atoms with Crippen LogP contribution in [0.15, 0.2) is 35.1 Å². The van der Waals surface area contributed by atoms with E-state index in [9.17, 15) is 0 Å². The molecule has 0 atom stereocenters. The molecule has 0 aliphatic rings. The molecule has 5 nitrogen and oxygen atoms in total. The molecular weight excluding hydrogens is 330 g/mol. The molecule has 0 aliphatic carbocycles. The Kier molecular flexibility index (Phi) is 5.52. The fourth-order valence-corrected chi connectivity index (χ4v) is 2.38. The summed E-state index contributed by atoms with van der Waals surface area (Å²) in [6.45, 7) is 3.86. The van der Waals surface area contributed by atoms with Crippen molar-refractivity contribution in [3.63, 3.8) is 0 Å². The van der Waals surface area contributed by atoms with Crippen molar-refractivity contribution in [3.05, 3.63) is 40.6 Å². The van der Waals surface area contributed by atoms with E-state index in [4.69, 9.17) is 0 Å². The average molecular weight is 350 g/mol. The molecule has 6 heteroatoms.